The fourth-order valence-electron chi connectivity index (χ4n) is 3.70. The smallest absolute Gasteiger partial charge is 0.255 e. The van der Waals surface area contributed by atoms with Crippen molar-refractivity contribution in [1.82, 2.24) is 10.2 Å². The van der Waals surface area contributed by atoms with Crippen molar-refractivity contribution in [1.29, 1.82) is 0 Å². The van der Waals surface area contributed by atoms with E-state index in [0.717, 1.165) is 24.2 Å². The molecule has 6 heteroatoms. The highest BCUT2D eigenvalue weighted by molar-refractivity contribution is 6.06. The molecule has 0 saturated carbocycles. The van der Waals surface area contributed by atoms with Crippen molar-refractivity contribution in [2.75, 3.05) is 11.9 Å². The number of piperidine rings is 1. The highest BCUT2D eigenvalue weighted by atomic mass is 16.2. The molecule has 1 saturated heterocycles. The van der Waals surface area contributed by atoms with Crippen molar-refractivity contribution in [3.8, 4) is 0 Å². The number of rotatable bonds is 8. The number of nitrogens with zero attached hydrogens (tertiary/aromatic N) is 1. The molecule has 1 aromatic carbocycles. The van der Waals surface area contributed by atoms with Gasteiger partial charge in [0.15, 0.2) is 0 Å². The zero-order valence-corrected chi connectivity index (χ0v) is 15.3. The molecule has 1 fully saturated rings. The van der Waals surface area contributed by atoms with Crippen LogP contribution in [0.3, 0.4) is 0 Å². The minimum atomic E-state index is -0.561. The second-order valence-corrected chi connectivity index (χ2v) is 7.07. The molecule has 6 nitrogen and oxygen atoms in total. The molecule has 1 aromatic rings. The zero-order chi connectivity index (χ0) is 18.5. The summed E-state index contributed by atoms with van der Waals surface area (Å²) >= 11 is 0. The van der Waals surface area contributed by atoms with E-state index in [2.05, 4.69) is 17.6 Å². The number of benzene rings is 1. The normalized spacial score (nSPS) is 19.5. The van der Waals surface area contributed by atoms with Gasteiger partial charge in [-0.05, 0) is 25.0 Å². The van der Waals surface area contributed by atoms with Crippen molar-refractivity contribution in [3.63, 3.8) is 0 Å². The molecule has 0 bridgehead atoms. The van der Waals surface area contributed by atoms with Gasteiger partial charge < -0.3 is 10.2 Å². The third-order valence-electron chi connectivity index (χ3n) is 5.18. The molecule has 0 aliphatic carbocycles. The van der Waals surface area contributed by atoms with Crippen LogP contribution < -0.4 is 10.6 Å². The van der Waals surface area contributed by atoms with Gasteiger partial charge in [0.2, 0.25) is 11.8 Å². The number of imide groups is 1. The van der Waals surface area contributed by atoms with E-state index in [4.69, 9.17) is 0 Å². The van der Waals surface area contributed by atoms with Crippen LogP contribution in [0.1, 0.15) is 67.8 Å². The van der Waals surface area contributed by atoms with Crippen LogP contribution in [0.4, 0.5) is 5.69 Å². The Kier molecular flexibility index (Phi) is 5.91. The van der Waals surface area contributed by atoms with E-state index in [9.17, 15) is 14.4 Å². The minimum Gasteiger partial charge on any atom is -0.385 e. The maximum atomic E-state index is 12.8. The first-order valence-electron chi connectivity index (χ1n) is 9.62. The number of hydrogen-bond acceptors (Lipinski definition) is 4. The van der Waals surface area contributed by atoms with E-state index < -0.39 is 6.04 Å². The van der Waals surface area contributed by atoms with Crippen LogP contribution in [0, 0.1) is 0 Å². The molecule has 140 valence electrons. The molecule has 3 amide bonds. The van der Waals surface area contributed by atoms with Crippen LogP contribution in [-0.4, -0.2) is 35.2 Å². The van der Waals surface area contributed by atoms with Crippen molar-refractivity contribution < 1.29 is 14.4 Å². The number of unbranched alkanes of at least 4 members (excludes halogenated alkanes) is 4. The monoisotopic (exact) mass is 357 g/mol. The van der Waals surface area contributed by atoms with Gasteiger partial charge >= 0.3 is 0 Å². The minimum absolute atomic E-state index is 0.124. The average molecular weight is 357 g/mol. The molecule has 1 atom stereocenters. The predicted molar refractivity (Wildman–Crippen MR) is 99.7 cm³/mol. The number of hydrogen-bond donors (Lipinski definition) is 2. The summed E-state index contributed by atoms with van der Waals surface area (Å²) in [6.45, 7) is 3.50. The quantitative estimate of drug-likeness (QED) is 0.554. The molecule has 3 rings (SSSR count). The Balaban J connectivity index is 1.64. The summed E-state index contributed by atoms with van der Waals surface area (Å²) in [5, 5.41) is 5.79. The summed E-state index contributed by atoms with van der Waals surface area (Å²) in [7, 11) is 0. The van der Waals surface area contributed by atoms with E-state index in [1.165, 1.54) is 25.7 Å². The van der Waals surface area contributed by atoms with Crippen LogP contribution >= 0.6 is 0 Å². The van der Waals surface area contributed by atoms with Gasteiger partial charge in [-0.15, -0.1) is 0 Å². The molecule has 0 aromatic heterocycles. The Hall–Kier alpha value is -2.37. The lowest BCUT2D eigenvalue weighted by molar-refractivity contribution is -0.136. The Morgan fingerprint density at radius 3 is 2.73 bits per heavy atom. The molecular weight excluding hydrogens is 330 g/mol. The van der Waals surface area contributed by atoms with Gasteiger partial charge in [0.25, 0.3) is 5.91 Å². The summed E-state index contributed by atoms with van der Waals surface area (Å²) in [5.41, 5.74) is 2.59. The molecule has 2 heterocycles. The maximum Gasteiger partial charge on any atom is 0.255 e. The number of carbonyl (C=O) groups is 3. The third-order valence-corrected chi connectivity index (χ3v) is 5.18. The van der Waals surface area contributed by atoms with Gasteiger partial charge in [0.05, 0.1) is 0 Å². The lowest BCUT2D eigenvalue weighted by Gasteiger charge is -2.29. The molecule has 2 N–H and O–H groups in total. The van der Waals surface area contributed by atoms with Crippen LogP contribution in [-0.2, 0) is 16.1 Å². The van der Waals surface area contributed by atoms with E-state index >= 15 is 0 Å². The van der Waals surface area contributed by atoms with Gasteiger partial charge in [0.1, 0.15) is 6.04 Å². The van der Waals surface area contributed by atoms with E-state index in [0.29, 0.717) is 18.5 Å². The Labute approximate surface area is 154 Å². The van der Waals surface area contributed by atoms with Crippen LogP contribution in [0.5, 0.6) is 0 Å². The second-order valence-electron chi connectivity index (χ2n) is 7.07. The topological polar surface area (TPSA) is 78.5 Å². The number of carbonyl (C=O) groups excluding carboxylic acids is 3. The van der Waals surface area contributed by atoms with Crippen LogP contribution in [0.15, 0.2) is 18.2 Å². The molecule has 2 aliphatic rings. The molecule has 0 spiro atoms. The van der Waals surface area contributed by atoms with Crippen molar-refractivity contribution in [2.24, 2.45) is 0 Å². The van der Waals surface area contributed by atoms with Crippen LogP contribution in [0.2, 0.25) is 0 Å². The van der Waals surface area contributed by atoms with Crippen LogP contribution in [0.25, 0.3) is 0 Å². The SMILES string of the molecule is CCCCCCCNc1cccc2c1CN(C1CCC(=O)NC1=O)C2=O. The second kappa shape index (κ2) is 8.34. The summed E-state index contributed by atoms with van der Waals surface area (Å²) in [4.78, 5) is 37.8. The molecular formula is C20H27N3O3. The Morgan fingerprint density at radius 2 is 1.96 bits per heavy atom. The Morgan fingerprint density at radius 1 is 1.15 bits per heavy atom. The number of fused-ring (bicyclic) bond motifs is 1. The first-order valence-corrected chi connectivity index (χ1v) is 9.62. The van der Waals surface area contributed by atoms with Gasteiger partial charge in [-0.1, -0.05) is 38.7 Å². The predicted octanol–water partition coefficient (Wildman–Crippen LogP) is 2.83. The fraction of sp³-hybridized carbons (Fsp3) is 0.550. The van der Waals surface area contributed by atoms with Gasteiger partial charge in [-0.2, -0.15) is 0 Å². The van der Waals surface area contributed by atoms with Crippen molar-refractivity contribution in [2.45, 2.75) is 64.5 Å². The highest BCUT2D eigenvalue weighted by Crippen LogP contribution is 2.32. The van der Waals surface area contributed by atoms with E-state index in [1.54, 1.807) is 4.90 Å². The van der Waals surface area contributed by atoms with Gasteiger partial charge in [-0.3, -0.25) is 19.7 Å². The van der Waals surface area contributed by atoms with Gasteiger partial charge in [-0.25, -0.2) is 0 Å². The van der Waals surface area contributed by atoms with Crippen molar-refractivity contribution >= 4 is 23.4 Å². The van der Waals surface area contributed by atoms with E-state index in [1.807, 2.05) is 18.2 Å². The van der Waals surface area contributed by atoms with Gasteiger partial charge in [0, 0.05) is 36.3 Å². The highest BCUT2D eigenvalue weighted by Gasteiger charge is 2.39. The molecule has 2 aliphatic heterocycles. The first-order chi connectivity index (χ1) is 12.6. The number of anilines is 1. The summed E-state index contributed by atoms with van der Waals surface area (Å²) in [6.07, 6.45) is 6.75. The number of nitrogens with one attached hydrogen (secondary N) is 2. The fourth-order valence-corrected chi connectivity index (χ4v) is 3.70. The maximum absolute atomic E-state index is 12.8. The first kappa shape index (κ1) is 18.4. The lowest BCUT2D eigenvalue weighted by Crippen LogP contribution is -2.52. The summed E-state index contributed by atoms with van der Waals surface area (Å²) in [6, 6.07) is 5.13. The average Bonchev–Trinajstić information content (AvgIpc) is 2.96. The summed E-state index contributed by atoms with van der Waals surface area (Å²) < 4.78 is 0. The van der Waals surface area contributed by atoms with E-state index in [-0.39, 0.29) is 24.1 Å². The third kappa shape index (κ3) is 3.89. The largest absolute Gasteiger partial charge is 0.385 e. The Bertz CT molecular complexity index is 702. The zero-order valence-electron chi connectivity index (χ0n) is 15.3. The molecule has 0 radical (unpaired) electrons. The molecule has 1 unspecified atom stereocenters. The summed E-state index contributed by atoms with van der Waals surface area (Å²) in [5.74, 6) is -0.755. The standard InChI is InChI=1S/C20H27N3O3/c1-2-3-4-5-6-12-21-16-9-7-8-14-15(16)13-23(20(14)26)17-10-11-18(24)22-19(17)25/h7-9,17,21H,2-6,10-13H2,1H3,(H,22,24,25). The lowest BCUT2D eigenvalue weighted by atomic mass is 10.0. The number of amides is 3. The molecule has 26 heavy (non-hydrogen) atoms. The van der Waals surface area contributed by atoms with Crippen molar-refractivity contribution in [3.05, 3.63) is 29.3 Å².